The van der Waals surface area contributed by atoms with Crippen LogP contribution in [-0.4, -0.2) is 50.4 Å². The topological polar surface area (TPSA) is 111 Å². The van der Waals surface area contributed by atoms with Crippen LogP contribution in [0.25, 0.3) is 0 Å². The summed E-state index contributed by atoms with van der Waals surface area (Å²) in [6.45, 7) is -0.0396. The molecule has 0 heterocycles. The number of rotatable bonds is 8. The molecule has 0 aliphatic heterocycles. The van der Waals surface area contributed by atoms with Gasteiger partial charge in [0.05, 0.1) is 12.1 Å². The predicted octanol–water partition coefficient (Wildman–Crippen LogP) is 1.84. The van der Waals surface area contributed by atoms with E-state index in [0.717, 1.165) is 5.56 Å². The van der Waals surface area contributed by atoms with Gasteiger partial charge in [0.1, 0.15) is 0 Å². The number of nitrogens with one attached hydrogen (secondary N) is 1. The van der Waals surface area contributed by atoms with Crippen LogP contribution >= 0.6 is 11.6 Å². The molecule has 0 atom stereocenters. The average molecular weight is 420 g/mol. The van der Waals surface area contributed by atoms with Gasteiger partial charge in [0.2, 0.25) is 0 Å². The fourth-order valence-electron chi connectivity index (χ4n) is 2.60. The average Bonchev–Trinajstić information content (AvgIpc) is 2.71. The summed E-state index contributed by atoms with van der Waals surface area (Å²) in [5, 5.41) is 2.68. The summed E-state index contributed by atoms with van der Waals surface area (Å²) in [6.07, 6.45) is 0. The van der Waals surface area contributed by atoms with Crippen molar-refractivity contribution in [3.63, 3.8) is 0 Å². The highest BCUT2D eigenvalue weighted by Gasteiger charge is 2.19. The summed E-state index contributed by atoms with van der Waals surface area (Å²) >= 11 is 6.20. The minimum atomic E-state index is -0.662. The highest BCUT2D eigenvalue weighted by Crippen LogP contribution is 2.36. The predicted molar refractivity (Wildman–Crippen MR) is 108 cm³/mol. The highest BCUT2D eigenvalue weighted by atomic mass is 35.5. The number of nitrogens with two attached hydrogens (primary N) is 1. The summed E-state index contributed by atoms with van der Waals surface area (Å²) in [7, 11) is 4.61. The van der Waals surface area contributed by atoms with Crippen LogP contribution in [0.5, 0.6) is 11.5 Å². The Morgan fingerprint density at radius 1 is 1.14 bits per heavy atom. The van der Waals surface area contributed by atoms with Gasteiger partial charge in [-0.05, 0) is 29.8 Å². The lowest BCUT2D eigenvalue weighted by Gasteiger charge is -2.19. The van der Waals surface area contributed by atoms with Gasteiger partial charge in [0, 0.05) is 31.8 Å². The molecule has 0 radical (unpaired) electrons. The van der Waals surface area contributed by atoms with Gasteiger partial charge < -0.3 is 25.4 Å². The van der Waals surface area contributed by atoms with E-state index in [4.69, 9.17) is 26.8 Å². The van der Waals surface area contributed by atoms with E-state index in [-0.39, 0.29) is 34.9 Å². The first kappa shape index (κ1) is 22.0. The normalized spacial score (nSPS) is 10.2. The van der Waals surface area contributed by atoms with Crippen LogP contribution in [0, 0.1) is 0 Å². The van der Waals surface area contributed by atoms with Gasteiger partial charge in [-0.2, -0.15) is 0 Å². The third kappa shape index (κ3) is 5.61. The van der Waals surface area contributed by atoms with E-state index in [9.17, 15) is 14.4 Å². The first-order valence-electron chi connectivity index (χ1n) is 8.62. The van der Waals surface area contributed by atoms with E-state index < -0.39 is 5.91 Å². The molecule has 2 aromatic carbocycles. The zero-order valence-corrected chi connectivity index (χ0v) is 17.1. The number of halogens is 1. The van der Waals surface area contributed by atoms with E-state index in [0.29, 0.717) is 17.7 Å². The molecular weight excluding hydrogens is 398 g/mol. The van der Waals surface area contributed by atoms with E-state index in [1.807, 2.05) is 0 Å². The van der Waals surface area contributed by atoms with Crippen LogP contribution in [0.4, 0.5) is 0 Å². The molecule has 3 amide bonds. The lowest BCUT2D eigenvalue weighted by molar-refractivity contribution is -0.119. The molecule has 0 saturated heterocycles. The molecule has 0 unspecified atom stereocenters. The second-order valence-corrected chi connectivity index (χ2v) is 6.59. The Balaban J connectivity index is 2.17. The standard InChI is InChI=1S/C20H22ClN3O5/c1-23-19(26)13-6-4-12(5-7-13)10-24(2)20(27)14-8-15(21)18(16(9-14)28-3)29-11-17(22)25/h4-9H,10-11H2,1-3H3,(H2,22,25)(H,23,26). The number of carbonyl (C=O) groups excluding carboxylic acids is 3. The molecule has 0 fully saturated rings. The number of amides is 3. The van der Waals surface area contributed by atoms with Gasteiger partial charge in [-0.3, -0.25) is 14.4 Å². The van der Waals surface area contributed by atoms with Gasteiger partial charge in [-0.1, -0.05) is 23.7 Å². The summed E-state index contributed by atoms with van der Waals surface area (Å²) in [5.74, 6) is -0.781. The van der Waals surface area contributed by atoms with Crippen LogP contribution in [0.3, 0.4) is 0 Å². The Morgan fingerprint density at radius 3 is 2.34 bits per heavy atom. The maximum atomic E-state index is 12.8. The van der Waals surface area contributed by atoms with E-state index in [2.05, 4.69) is 5.32 Å². The Bertz CT molecular complexity index is 915. The SMILES string of the molecule is CNC(=O)c1ccc(CN(C)C(=O)c2cc(Cl)c(OCC(N)=O)c(OC)c2)cc1. The minimum absolute atomic E-state index is 0.122. The lowest BCUT2D eigenvalue weighted by atomic mass is 10.1. The maximum absolute atomic E-state index is 12.8. The van der Waals surface area contributed by atoms with Crippen molar-refractivity contribution in [2.24, 2.45) is 5.73 Å². The molecule has 0 spiro atoms. The summed E-state index contributed by atoms with van der Waals surface area (Å²) < 4.78 is 10.5. The number of hydrogen-bond donors (Lipinski definition) is 2. The van der Waals surface area contributed by atoms with Crippen molar-refractivity contribution in [1.29, 1.82) is 0 Å². The summed E-state index contributed by atoms with van der Waals surface area (Å²) in [4.78, 5) is 36.8. The molecule has 0 aliphatic rings. The van der Waals surface area contributed by atoms with Crippen LogP contribution in [0.2, 0.25) is 5.02 Å². The molecule has 3 N–H and O–H groups in total. The molecule has 8 nitrogen and oxygen atoms in total. The lowest BCUT2D eigenvalue weighted by Crippen LogP contribution is -2.26. The van der Waals surface area contributed by atoms with E-state index in [1.165, 1.54) is 24.1 Å². The maximum Gasteiger partial charge on any atom is 0.255 e. The Kier molecular flexibility index (Phi) is 7.44. The molecule has 2 aromatic rings. The van der Waals surface area contributed by atoms with Crippen molar-refractivity contribution in [3.8, 4) is 11.5 Å². The van der Waals surface area contributed by atoms with Gasteiger partial charge in [-0.25, -0.2) is 0 Å². The number of nitrogens with zero attached hydrogens (tertiary/aromatic N) is 1. The van der Waals surface area contributed by atoms with E-state index >= 15 is 0 Å². The molecule has 29 heavy (non-hydrogen) atoms. The molecule has 9 heteroatoms. The van der Waals surface area contributed by atoms with Crippen LogP contribution in [-0.2, 0) is 11.3 Å². The molecule has 0 aliphatic carbocycles. The quantitative estimate of drug-likeness (QED) is 0.678. The first-order chi connectivity index (χ1) is 13.8. The van der Waals surface area contributed by atoms with E-state index in [1.54, 1.807) is 38.4 Å². The van der Waals surface area contributed by atoms with Crippen LogP contribution in [0.1, 0.15) is 26.3 Å². The number of hydrogen-bond acceptors (Lipinski definition) is 5. The number of carbonyl (C=O) groups is 3. The Morgan fingerprint density at radius 2 is 1.79 bits per heavy atom. The van der Waals surface area contributed by atoms with Crippen molar-refractivity contribution in [2.45, 2.75) is 6.54 Å². The smallest absolute Gasteiger partial charge is 0.255 e. The van der Waals surface area contributed by atoms with Crippen molar-refractivity contribution in [1.82, 2.24) is 10.2 Å². The van der Waals surface area contributed by atoms with Gasteiger partial charge in [0.15, 0.2) is 18.1 Å². The zero-order chi connectivity index (χ0) is 21.6. The molecule has 0 aromatic heterocycles. The van der Waals surface area contributed by atoms with Crippen molar-refractivity contribution >= 4 is 29.3 Å². The fraction of sp³-hybridized carbons (Fsp3) is 0.250. The number of ether oxygens (including phenoxy) is 2. The number of primary amides is 1. The minimum Gasteiger partial charge on any atom is -0.493 e. The molecule has 2 rings (SSSR count). The third-order valence-electron chi connectivity index (χ3n) is 4.04. The number of methoxy groups -OCH3 is 1. The molecule has 0 saturated carbocycles. The molecular formula is C20H22ClN3O5. The van der Waals surface area contributed by atoms with Crippen LogP contribution < -0.4 is 20.5 Å². The number of benzene rings is 2. The van der Waals surface area contributed by atoms with Gasteiger partial charge in [-0.15, -0.1) is 0 Å². The van der Waals surface area contributed by atoms with Crippen molar-refractivity contribution < 1.29 is 23.9 Å². The monoisotopic (exact) mass is 419 g/mol. The van der Waals surface area contributed by atoms with Gasteiger partial charge in [0.25, 0.3) is 17.7 Å². The summed E-state index contributed by atoms with van der Waals surface area (Å²) in [5.41, 5.74) is 6.76. The highest BCUT2D eigenvalue weighted by molar-refractivity contribution is 6.32. The Hall–Kier alpha value is -3.26. The van der Waals surface area contributed by atoms with Gasteiger partial charge >= 0.3 is 0 Å². The fourth-order valence-corrected chi connectivity index (χ4v) is 2.86. The zero-order valence-electron chi connectivity index (χ0n) is 16.3. The largest absolute Gasteiger partial charge is 0.493 e. The molecule has 0 bridgehead atoms. The van der Waals surface area contributed by atoms with Crippen LogP contribution in [0.15, 0.2) is 36.4 Å². The Labute approximate surface area is 173 Å². The first-order valence-corrected chi connectivity index (χ1v) is 8.99. The summed E-state index contributed by atoms with van der Waals surface area (Å²) in [6, 6.07) is 9.86. The second kappa shape index (κ2) is 9.79. The van der Waals surface area contributed by atoms with Crippen molar-refractivity contribution in [2.75, 3.05) is 27.8 Å². The third-order valence-corrected chi connectivity index (χ3v) is 4.33. The second-order valence-electron chi connectivity index (χ2n) is 6.18. The van der Waals surface area contributed by atoms with Crippen molar-refractivity contribution in [3.05, 3.63) is 58.1 Å². The molecule has 154 valence electrons.